The number of nitrogens with zero attached hydrogens (tertiary/aromatic N) is 3. The van der Waals surface area contributed by atoms with Gasteiger partial charge in [0.15, 0.2) is 11.5 Å². The zero-order chi connectivity index (χ0) is 23.6. The zero-order valence-electron chi connectivity index (χ0n) is 16.5. The van der Waals surface area contributed by atoms with E-state index in [1.54, 1.807) is 24.3 Å². The first-order valence-corrected chi connectivity index (χ1v) is 9.30. The summed E-state index contributed by atoms with van der Waals surface area (Å²) < 4.78 is 45.6. The molecule has 0 aliphatic rings. The number of hydrogen-bond donors (Lipinski definition) is 3. The Morgan fingerprint density at radius 3 is 2.55 bits per heavy atom. The van der Waals surface area contributed by atoms with Gasteiger partial charge in [-0.3, -0.25) is 10.1 Å². The molecule has 3 N–H and O–H groups in total. The summed E-state index contributed by atoms with van der Waals surface area (Å²) in [5.41, 5.74) is -0.385. The standard InChI is InChI=1S/C21H14F3N5O4/c22-21(23,24)13-4-1-3-12(9-13)19(30)25-14-5-2-6-15(10-14)33-18-8-7-17-26-16(27-20(31)32)11-29(17)28-18/h1-11,27H,(H,25,30)(H,31,32). The van der Waals surface area contributed by atoms with E-state index in [2.05, 4.69) is 20.7 Å². The molecule has 0 spiro atoms. The topological polar surface area (TPSA) is 118 Å². The molecule has 0 aliphatic carbocycles. The van der Waals surface area contributed by atoms with Crippen molar-refractivity contribution in [1.29, 1.82) is 0 Å². The number of benzene rings is 2. The molecule has 0 saturated carbocycles. The molecule has 12 heteroatoms. The number of imidazole rings is 1. The van der Waals surface area contributed by atoms with Crippen LogP contribution in [-0.4, -0.2) is 31.7 Å². The van der Waals surface area contributed by atoms with Gasteiger partial charge in [0.25, 0.3) is 5.91 Å². The SMILES string of the molecule is O=C(O)Nc1cn2nc(Oc3cccc(NC(=O)c4cccc(C(F)(F)F)c4)c3)ccc2n1. The summed E-state index contributed by atoms with van der Waals surface area (Å²) >= 11 is 0. The van der Waals surface area contributed by atoms with E-state index in [0.29, 0.717) is 17.1 Å². The number of fused-ring (bicyclic) bond motifs is 1. The summed E-state index contributed by atoms with van der Waals surface area (Å²) in [5.74, 6) is -0.169. The Balaban J connectivity index is 1.49. The first-order chi connectivity index (χ1) is 15.7. The molecule has 9 nitrogen and oxygen atoms in total. The van der Waals surface area contributed by atoms with Crippen molar-refractivity contribution in [2.75, 3.05) is 10.6 Å². The van der Waals surface area contributed by atoms with Gasteiger partial charge in [0.2, 0.25) is 5.88 Å². The summed E-state index contributed by atoms with van der Waals surface area (Å²) in [6.45, 7) is 0. The second kappa shape index (κ2) is 8.49. The summed E-state index contributed by atoms with van der Waals surface area (Å²) in [5, 5.41) is 17.6. The highest BCUT2D eigenvalue weighted by molar-refractivity contribution is 6.04. The Labute approximate surface area is 183 Å². The number of hydrogen-bond acceptors (Lipinski definition) is 5. The fraction of sp³-hybridized carbons (Fsp3) is 0.0476. The van der Waals surface area contributed by atoms with Gasteiger partial charge in [0, 0.05) is 23.4 Å². The molecule has 0 atom stereocenters. The maximum absolute atomic E-state index is 12.9. The predicted octanol–water partition coefficient (Wildman–Crippen LogP) is 4.88. The van der Waals surface area contributed by atoms with Crippen molar-refractivity contribution >= 4 is 29.2 Å². The Bertz CT molecular complexity index is 1350. The molecule has 0 fully saturated rings. The molecule has 168 valence electrons. The minimum Gasteiger partial charge on any atom is -0.465 e. The van der Waals surface area contributed by atoms with Crippen LogP contribution in [0.1, 0.15) is 15.9 Å². The summed E-state index contributed by atoms with van der Waals surface area (Å²) in [6, 6.07) is 13.4. The molecule has 2 amide bonds. The van der Waals surface area contributed by atoms with Gasteiger partial charge in [-0.05, 0) is 36.4 Å². The van der Waals surface area contributed by atoms with Crippen LogP contribution in [0.5, 0.6) is 11.6 Å². The highest BCUT2D eigenvalue weighted by Gasteiger charge is 2.30. The molecule has 0 bridgehead atoms. The molecular weight excluding hydrogens is 443 g/mol. The van der Waals surface area contributed by atoms with Gasteiger partial charge < -0.3 is 15.2 Å². The van der Waals surface area contributed by atoms with Crippen LogP contribution < -0.4 is 15.4 Å². The van der Waals surface area contributed by atoms with Crippen molar-refractivity contribution < 1.29 is 32.6 Å². The van der Waals surface area contributed by atoms with Gasteiger partial charge in [0.1, 0.15) is 5.75 Å². The van der Waals surface area contributed by atoms with Crippen LogP contribution >= 0.6 is 0 Å². The normalized spacial score (nSPS) is 11.2. The second-order valence-electron chi connectivity index (χ2n) is 6.69. The molecule has 2 aromatic heterocycles. The average Bonchev–Trinajstić information content (AvgIpc) is 3.14. The van der Waals surface area contributed by atoms with Crippen molar-refractivity contribution in [1.82, 2.24) is 14.6 Å². The quantitative estimate of drug-likeness (QED) is 0.393. The van der Waals surface area contributed by atoms with Crippen LogP contribution in [0.25, 0.3) is 5.65 Å². The van der Waals surface area contributed by atoms with Gasteiger partial charge in [-0.2, -0.15) is 13.2 Å². The largest absolute Gasteiger partial charge is 0.465 e. The Hall–Kier alpha value is -4.61. The lowest BCUT2D eigenvalue weighted by Gasteiger charge is -2.10. The van der Waals surface area contributed by atoms with Gasteiger partial charge in [-0.15, -0.1) is 5.10 Å². The number of alkyl halides is 3. The van der Waals surface area contributed by atoms with E-state index in [9.17, 15) is 22.8 Å². The van der Waals surface area contributed by atoms with Crippen LogP contribution in [0.3, 0.4) is 0 Å². The molecule has 2 aromatic carbocycles. The maximum atomic E-state index is 12.9. The number of carbonyl (C=O) groups is 2. The van der Waals surface area contributed by atoms with Gasteiger partial charge >= 0.3 is 12.3 Å². The fourth-order valence-electron chi connectivity index (χ4n) is 2.89. The summed E-state index contributed by atoms with van der Waals surface area (Å²) in [6.07, 6.45) is -4.46. The summed E-state index contributed by atoms with van der Waals surface area (Å²) in [7, 11) is 0. The molecule has 0 unspecified atom stereocenters. The third-order valence-electron chi connectivity index (χ3n) is 4.30. The number of anilines is 2. The van der Waals surface area contributed by atoms with E-state index in [4.69, 9.17) is 9.84 Å². The van der Waals surface area contributed by atoms with E-state index in [1.165, 1.54) is 28.9 Å². The molecule has 33 heavy (non-hydrogen) atoms. The number of rotatable bonds is 5. The van der Waals surface area contributed by atoms with E-state index in [0.717, 1.165) is 18.2 Å². The molecular formula is C21H14F3N5O4. The molecule has 0 radical (unpaired) electrons. The van der Waals surface area contributed by atoms with E-state index in [-0.39, 0.29) is 17.3 Å². The lowest BCUT2D eigenvalue weighted by molar-refractivity contribution is -0.137. The number of ether oxygens (including phenoxy) is 1. The van der Waals surface area contributed by atoms with Crippen molar-refractivity contribution in [3.63, 3.8) is 0 Å². The number of aromatic nitrogens is 3. The number of carboxylic acid groups (broad SMARTS) is 1. The first-order valence-electron chi connectivity index (χ1n) is 9.30. The first kappa shape index (κ1) is 21.6. The van der Waals surface area contributed by atoms with Gasteiger partial charge in [-0.25, -0.2) is 14.3 Å². The van der Waals surface area contributed by atoms with Crippen LogP contribution in [0.4, 0.5) is 29.5 Å². The van der Waals surface area contributed by atoms with Crippen LogP contribution in [0.2, 0.25) is 0 Å². The smallest absolute Gasteiger partial charge is 0.416 e. The molecule has 4 rings (SSSR count). The molecule has 0 saturated heterocycles. The minimum atomic E-state index is -4.56. The molecule has 2 heterocycles. The Morgan fingerprint density at radius 2 is 1.79 bits per heavy atom. The maximum Gasteiger partial charge on any atom is 0.416 e. The fourth-order valence-corrected chi connectivity index (χ4v) is 2.89. The van der Waals surface area contributed by atoms with E-state index in [1.807, 2.05) is 0 Å². The highest BCUT2D eigenvalue weighted by Crippen LogP contribution is 2.30. The van der Waals surface area contributed by atoms with Crippen molar-refractivity contribution in [3.8, 4) is 11.6 Å². The number of amides is 2. The molecule has 0 aliphatic heterocycles. The van der Waals surface area contributed by atoms with E-state index < -0.39 is 23.7 Å². The second-order valence-corrected chi connectivity index (χ2v) is 6.69. The zero-order valence-corrected chi connectivity index (χ0v) is 16.5. The number of nitrogens with one attached hydrogen (secondary N) is 2. The highest BCUT2D eigenvalue weighted by atomic mass is 19.4. The molecule has 4 aromatic rings. The van der Waals surface area contributed by atoms with Gasteiger partial charge in [-0.1, -0.05) is 12.1 Å². The Morgan fingerprint density at radius 1 is 1.00 bits per heavy atom. The van der Waals surface area contributed by atoms with Crippen LogP contribution in [0.15, 0.2) is 66.9 Å². The van der Waals surface area contributed by atoms with Gasteiger partial charge in [0.05, 0.1) is 11.8 Å². The van der Waals surface area contributed by atoms with E-state index >= 15 is 0 Å². The minimum absolute atomic E-state index is 0.0893. The van der Waals surface area contributed by atoms with Crippen molar-refractivity contribution in [2.24, 2.45) is 0 Å². The predicted molar refractivity (Wildman–Crippen MR) is 111 cm³/mol. The third kappa shape index (κ3) is 5.18. The van der Waals surface area contributed by atoms with Crippen LogP contribution in [-0.2, 0) is 6.18 Å². The number of halogens is 3. The Kier molecular flexibility index (Phi) is 5.56. The third-order valence-corrected chi connectivity index (χ3v) is 4.30. The lowest BCUT2D eigenvalue weighted by atomic mass is 10.1. The van der Waals surface area contributed by atoms with Crippen molar-refractivity contribution in [2.45, 2.75) is 6.18 Å². The lowest BCUT2D eigenvalue weighted by Crippen LogP contribution is -2.13. The average molecular weight is 457 g/mol. The monoisotopic (exact) mass is 457 g/mol. The number of carbonyl (C=O) groups excluding carboxylic acids is 1. The van der Waals surface area contributed by atoms with Crippen LogP contribution in [0, 0.1) is 0 Å². The summed E-state index contributed by atoms with van der Waals surface area (Å²) in [4.78, 5) is 27.2. The van der Waals surface area contributed by atoms with Crippen molar-refractivity contribution in [3.05, 3.63) is 78.0 Å².